The van der Waals surface area contributed by atoms with Crippen LogP contribution in [0.5, 0.6) is 0 Å². The number of nitrogens with one attached hydrogen (secondary N) is 1. The lowest BCUT2D eigenvalue weighted by Crippen LogP contribution is -2.38. The molecule has 0 aliphatic heterocycles. The second-order valence-corrected chi connectivity index (χ2v) is 20.4. The third-order valence-electron chi connectivity index (χ3n) is 15.8. The molecule has 9 aliphatic carbocycles. The van der Waals surface area contributed by atoms with Crippen molar-refractivity contribution >= 4 is 22.6 Å². The number of aryl methyl sites for hydroxylation is 1. The molecule has 3 aromatic carbocycles. The molecule has 12 rings (SSSR count). The lowest BCUT2D eigenvalue weighted by Gasteiger charge is -2.40. The lowest BCUT2D eigenvalue weighted by atomic mass is 9.63. The molecule has 2 saturated carbocycles. The van der Waals surface area contributed by atoms with Crippen LogP contribution in [-0.4, -0.2) is 11.6 Å². The zero-order valence-corrected chi connectivity index (χ0v) is 39.0. The fourth-order valence-electron chi connectivity index (χ4n) is 12.8. The molecule has 0 radical (unpaired) electrons. The van der Waals surface area contributed by atoms with Crippen LogP contribution in [0.4, 0.5) is 17.1 Å². The van der Waals surface area contributed by atoms with Crippen LogP contribution < -0.4 is 15.1 Å². The summed E-state index contributed by atoms with van der Waals surface area (Å²) in [6.07, 6.45) is 46.8. The highest BCUT2D eigenvalue weighted by atomic mass is 15.2. The van der Waals surface area contributed by atoms with Crippen LogP contribution in [0, 0.1) is 30.6 Å². The van der Waals surface area contributed by atoms with Gasteiger partial charge in [0.25, 0.3) is 0 Å². The van der Waals surface area contributed by atoms with E-state index in [-0.39, 0.29) is 11.6 Å². The Morgan fingerprint density at radius 1 is 0.848 bits per heavy atom. The van der Waals surface area contributed by atoms with E-state index in [0.717, 1.165) is 32.1 Å². The minimum absolute atomic E-state index is 0.110. The lowest BCUT2D eigenvalue weighted by molar-refractivity contribution is 0.566. The summed E-state index contributed by atoms with van der Waals surface area (Å²) in [5.41, 5.74) is 21.6. The van der Waals surface area contributed by atoms with Gasteiger partial charge in [0.2, 0.25) is 0 Å². The van der Waals surface area contributed by atoms with Gasteiger partial charge < -0.3 is 15.1 Å². The maximum Gasteiger partial charge on any atom is 0.0656 e. The monoisotopic (exact) mass is 859 g/mol. The predicted octanol–water partition coefficient (Wildman–Crippen LogP) is 15.0. The Morgan fingerprint density at radius 2 is 1.70 bits per heavy atom. The number of para-hydroxylation sites is 1. The molecule has 3 aromatic rings. The second-order valence-electron chi connectivity index (χ2n) is 20.4. The van der Waals surface area contributed by atoms with Crippen molar-refractivity contribution < 1.29 is 0 Å². The number of benzene rings is 3. The van der Waals surface area contributed by atoms with Gasteiger partial charge in [-0.2, -0.15) is 0 Å². The summed E-state index contributed by atoms with van der Waals surface area (Å²) in [5.74, 6) is 2.02. The van der Waals surface area contributed by atoms with Crippen molar-refractivity contribution in [1.82, 2.24) is 5.32 Å². The Kier molecular flexibility index (Phi) is 9.79. The molecule has 66 heavy (non-hydrogen) atoms. The molecule has 328 valence electrons. The highest BCUT2D eigenvalue weighted by molar-refractivity contribution is 5.96. The number of anilines is 3. The summed E-state index contributed by atoms with van der Waals surface area (Å²) in [5, 5.41) is 4.19. The molecule has 7 atom stereocenters. The van der Waals surface area contributed by atoms with Crippen LogP contribution in [0.1, 0.15) is 76.0 Å². The predicted molar refractivity (Wildman–Crippen MR) is 277 cm³/mol. The first kappa shape index (κ1) is 40.9. The van der Waals surface area contributed by atoms with E-state index in [0.29, 0.717) is 23.7 Å². The van der Waals surface area contributed by atoms with Gasteiger partial charge in [-0.1, -0.05) is 140 Å². The first-order valence-electron chi connectivity index (χ1n) is 24.6. The van der Waals surface area contributed by atoms with E-state index in [1.54, 1.807) is 11.1 Å². The van der Waals surface area contributed by atoms with E-state index >= 15 is 0 Å². The van der Waals surface area contributed by atoms with Crippen molar-refractivity contribution in [3.8, 4) is 0 Å². The fourth-order valence-corrected chi connectivity index (χ4v) is 12.8. The minimum Gasteiger partial charge on any atom is -0.376 e. The standard InChI is InChI=1S/C63H61N3/c1-6-15-41(2)19-14-33-65(48-23-11-17-43(4)35-48)49-28-30-53-54-29-27-45-37-56(45)60(54)63(57(53)38-49)58-39-51(66(47-21-8-7-9-22-47)50-24-12-18-44(5)36-50)25-13-26-52(58)55-31-32-62(40-59(62)61(55)63)64-46-20-10-16-42(3)34-46/h6-15,17-18,20-23,25,27-36,38-39,42,45,50,56,59,64H,1,16,19,24,26,37,40H2,2-5H3/b33-14+,41-15-. The summed E-state index contributed by atoms with van der Waals surface area (Å²) < 4.78 is 0. The maximum atomic E-state index is 4.19. The summed E-state index contributed by atoms with van der Waals surface area (Å²) in [6.45, 7) is 12.9. The largest absolute Gasteiger partial charge is 0.376 e. The summed E-state index contributed by atoms with van der Waals surface area (Å²) in [6, 6.07) is 27.8. The number of rotatable bonds is 11. The third-order valence-corrected chi connectivity index (χ3v) is 15.8. The molecule has 0 heterocycles. The Labute approximate surface area is 392 Å². The van der Waals surface area contributed by atoms with Crippen molar-refractivity contribution in [3.05, 3.63) is 250 Å². The molecule has 1 spiro atoms. The highest BCUT2D eigenvalue weighted by Gasteiger charge is 2.68. The molecular formula is C63H61N3. The van der Waals surface area contributed by atoms with Gasteiger partial charge in [0.05, 0.1) is 17.0 Å². The zero-order valence-electron chi connectivity index (χ0n) is 39.0. The third kappa shape index (κ3) is 6.60. The molecule has 0 saturated heterocycles. The highest BCUT2D eigenvalue weighted by Crippen LogP contribution is 2.74. The van der Waals surface area contributed by atoms with Crippen molar-refractivity contribution in [1.29, 1.82) is 0 Å². The number of hydrogen-bond acceptors (Lipinski definition) is 3. The van der Waals surface area contributed by atoms with Crippen molar-refractivity contribution in [2.75, 3.05) is 9.80 Å². The Balaban J connectivity index is 1.09. The van der Waals surface area contributed by atoms with E-state index in [1.165, 1.54) is 85.0 Å². The first-order chi connectivity index (χ1) is 32.3. The number of hydrogen-bond donors (Lipinski definition) is 1. The maximum absolute atomic E-state index is 4.19. The summed E-state index contributed by atoms with van der Waals surface area (Å²) >= 11 is 0. The van der Waals surface area contributed by atoms with Crippen molar-refractivity contribution in [2.24, 2.45) is 23.7 Å². The van der Waals surface area contributed by atoms with E-state index in [1.807, 2.05) is 6.08 Å². The van der Waals surface area contributed by atoms with Crippen LogP contribution >= 0.6 is 0 Å². The van der Waals surface area contributed by atoms with Gasteiger partial charge in [-0.3, -0.25) is 0 Å². The van der Waals surface area contributed by atoms with Gasteiger partial charge in [0.15, 0.2) is 0 Å². The Hall–Kier alpha value is -6.58. The van der Waals surface area contributed by atoms with E-state index < -0.39 is 5.41 Å². The second kappa shape index (κ2) is 15.8. The average molecular weight is 860 g/mol. The van der Waals surface area contributed by atoms with Crippen LogP contribution in [0.25, 0.3) is 5.57 Å². The molecule has 3 nitrogen and oxygen atoms in total. The van der Waals surface area contributed by atoms with E-state index in [4.69, 9.17) is 0 Å². The van der Waals surface area contributed by atoms with E-state index in [9.17, 15) is 0 Å². The quantitative estimate of drug-likeness (QED) is 0.194. The molecule has 0 aromatic heterocycles. The summed E-state index contributed by atoms with van der Waals surface area (Å²) in [4.78, 5) is 5.06. The molecule has 7 unspecified atom stereocenters. The van der Waals surface area contributed by atoms with Crippen LogP contribution in [0.15, 0.2) is 233 Å². The normalized spacial score (nSPS) is 29.4. The molecule has 9 aliphatic rings. The SMILES string of the molecule is C=C/C=C(/C)C/C=C/N(c1cccc(C)c1)c1ccc2c(c1)C1(C3=C(CC=CC(N(c4ccccc4)C4C=C(C)C=CC4)=C3)C3=C1C1CC1(NC1=CC(C)CC=C1)C=C3)C1=C2C=CC2CC12. The molecule has 0 amide bonds. The smallest absolute Gasteiger partial charge is 0.0656 e. The number of allylic oxidation sites excluding steroid dienone is 20. The average Bonchev–Trinajstić information content (AvgIpc) is 4.23. The molecule has 1 N–H and O–H groups in total. The van der Waals surface area contributed by atoms with E-state index in [2.05, 4.69) is 220 Å². The molecular weight excluding hydrogens is 799 g/mol. The Morgan fingerprint density at radius 3 is 2.53 bits per heavy atom. The fraction of sp³-hybridized carbons (Fsp3) is 0.270. The van der Waals surface area contributed by atoms with Crippen molar-refractivity contribution in [3.63, 3.8) is 0 Å². The molecule has 3 heteroatoms. The van der Waals surface area contributed by atoms with Crippen LogP contribution in [-0.2, 0) is 5.41 Å². The van der Waals surface area contributed by atoms with Gasteiger partial charge in [0.1, 0.15) is 0 Å². The minimum atomic E-state index is -0.401. The van der Waals surface area contributed by atoms with Gasteiger partial charge in [0, 0.05) is 40.6 Å². The zero-order chi connectivity index (χ0) is 44.7. The van der Waals surface area contributed by atoms with Gasteiger partial charge in [-0.05, 0) is 182 Å². The van der Waals surface area contributed by atoms with Gasteiger partial charge in [-0.25, -0.2) is 0 Å². The Bertz CT molecular complexity index is 3000. The van der Waals surface area contributed by atoms with Gasteiger partial charge >= 0.3 is 0 Å². The first-order valence-corrected chi connectivity index (χ1v) is 24.6. The van der Waals surface area contributed by atoms with Gasteiger partial charge in [-0.15, -0.1) is 0 Å². The summed E-state index contributed by atoms with van der Waals surface area (Å²) in [7, 11) is 0. The number of fused-ring (bicyclic) bond motifs is 11. The topological polar surface area (TPSA) is 18.5 Å². The van der Waals surface area contributed by atoms with Crippen LogP contribution in [0.3, 0.4) is 0 Å². The molecule has 0 bridgehead atoms. The van der Waals surface area contributed by atoms with Crippen LogP contribution in [0.2, 0.25) is 0 Å². The number of nitrogens with zero attached hydrogens (tertiary/aromatic N) is 2. The van der Waals surface area contributed by atoms with Crippen molar-refractivity contribution in [2.45, 2.75) is 83.2 Å². The molecule has 2 fully saturated rings.